The van der Waals surface area contributed by atoms with E-state index in [1.165, 1.54) is 12.1 Å². The van der Waals surface area contributed by atoms with Crippen LogP contribution in [0.4, 0.5) is 13.2 Å². The molecule has 0 bridgehead atoms. The summed E-state index contributed by atoms with van der Waals surface area (Å²) < 4.78 is 44.6. The van der Waals surface area contributed by atoms with Crippen LogP contribution in [-0.4, -0.2) is 0 Å². The monoisotopic (exact) mass is 253 g/mol. The topological polar surface area (TPSA) is 35.2 Å². The van der Waals surface area contributed by atoms with Gasteiger partial charge in [0, 0.05) is 18.7 Å². The molecule has 94 valence electrons. The Hall–Kier alpha value is -2.01. The van der Waals surface area contributed by atoms with Crippen LogP contribution in [0.25, 0.3) is 0 Å². The molecule has 0 heterocycles. The van der Waals surface area contributed by atoms with Gasteiger partial charge >= 0.3 is 0 Å². The number of halogens is 3. The third-order valence-corrected chi connectivity index (χ3v) is 2.29. The molecule has 0 unspecified atom stereocenters. The van der Waals surface area contributed by atoms with E-state index in [0.29, 0.717) is 5.56 Å². The fraction of sp³-hybridized carbons (Fsp3) is 0.0769. The Labute approximate surface area is 102 Å². The molecule has 0 saturated heterocycles. The Morgan fingerprint density at radius 2 is 1.72 bits per heavy atom. The molecule has 0 amide bonds. The van der Waals surface area contributed by atoms with Crippen molar-refractivity contribution in [2.45, 2.75) is 6.54 Å². The zero-order valence-electron chi connectivity index (χ0n) is 9.29. The molecule has 0 aliphatic carbocycles. The highest BCUT2D eigenvalue weighted by molar-refractivity contribution is 5.35. The van der Waals surface area contributed by atoms with Crippen LogP contribution in [0.3, 0.4) is 0 Å². The van der Waals surface area contributed by atoms with E-state index < -0.39 is 17.5 Å². The van der Waals surface area contributed by atoms with Crippen molar-refractivity contribution >= 4 is 0 Å². The summed E-state index contributed by atoms with van der Waals surface area (Å²) in [5.41, 5.74) is 5.88. The van der Waals surface area contributed by atoms with Gasteiger partial charge < -0.3 is 10.5 Å². The summed E-state index contributed by atoms with van der Waals surface area (Å²) >= 11 is 0. The molecule has 0 aromatic heterocycles. The molecule has 2 rings (SSSR count). The van der Waals surface area contributed by atoms with E-state index in [-0.39, 0.29) is 18.0 Å². The number of hydrogen-bond acceptors (Lipinski definition) is 2. The van der Waals surface area contributed by atoms with E-state index in [4.69, 9.17) is 10.5 Å². The predicted molar refractivity (Wildman–Crippen MR) is 60.7 cm³/mol. The number of hydrogen-bond donors (Lipinski definition) is 1. The minimum Gasteiger partial charge on any atom is -0.454 e. The molecule has 2 nitrogen and oxygen atoms in total. The molecule has 0 spiro atoms. The molecule has 0 fully saturated rings. The van der Waals surface area contributed by atoms with Gasteiger partial charge in [-0.25, -0.2) is 13.2 Å². The molecule has 2 aromatic rings. The third-order valence-electron chi connectivity index (χ3n) is 2.29. The molecule has 2 N–H and O–H groups in total. The second-order valence-corrected chi connectivity index (χ2v) is 3.68. The smallest absolute Gasteiger partial charge is 0.165 e. The zero-order chi connectivity index (χ0) is 13.1. The van der Waals surface area contributed by atoms with Crippen molar-refractivity contribution in [1.82, 2.24) is 0 Å². The van der Waals surface area contributed by atoms with Crippen LogP contribution < -0.4 is 10.5 Å². The number of nitrogens with two attached hydrogens (primary N) is 1. The van der Waals surface area contributed by atoms with Gasteiger partial charge in [-0.15, -0.1) is 0 Å². The lowest BCUT2D eigenvalue weighted by molar-refractivity contribution is 0.433. The summed E-state index contributed by atoms with van der Waals surface area (Å²) in [6.07, 6.45) is 0. The van der Waals surface area contributed by atoms with Gasteiger partial charge in [0.1, 0.15) is 17.4 Å². The van der Waals surface area contributed by atoms with Crippen LogP contribution >= 0.6 is 0 Å². The molecule has 0 atom stereocenters. The van der Waals surface area contributed by atoms with E-state index in [1.54, 1.807) is 0 Å². The summed E-state index contributed by atoms with van der Waals surface area (Å²) in [5, 5.41) is 0. The third kappa shape index (κ3) is 2.81. The van der Waals surface area contributed by atoms with Gasteiger partial charge in [0.15, 0.2) is 11.6 Å². The average molecular weight is 253 g/mol. The van der Waals surface area contributed by atoms with Crippen LogP contribution in [0.1, 0.15) is 5.56 Å². The Morgan fingerprint density at radius 1 is 0.944 bits per heavy atom. The van der Waals surface area contributed by atoms with E-state index in [0.717, 1.165) is 24.3 Å². The first-order valence-electron chi connectivity index (χ1n) is 5.21. The molecule has 5 heteroatoms. The summed E-state index contributed by atoms with van der Waals surface area (Å²) in [7, 11) is 0. The van der Waals surface area contributed by atoms with Crippen molar-refractivity contribution < 1.29 is 17.9 Å². The minimum absolute atomic E-state index is 0.0694. The first-order valence-corrected chi connectivity index (χ1v) is 5.21. The molecule has 0 aliphatic rings. The maximum absolute atomic E-state index is 13.3. The highest BCUT2D eigenvalue weighted by atomic mass is 19.1. The van der Waals surface area contributed by atoms with Crippen LogP contribution in [0, 0.1) is 17.5 Å². The average Bonchev–Trinajstić information content (AvgIpc) is 2.33. The first kappa shape index (κ1) is 12.4. The number of benzene rings is 2. The lowest BCUT2D eigenvalue weighted by Gasteiger charge is -2.08. The minimum atomic E-state index is -0.727. The summed E-state index contributed by atoms with van der Waals surface area (Å²) in [6.45, 7) is 0.125. The first-order chi connectivity index (χ1) is 8.58. The molecule has 2 aromatic carbocycles. The van der Waals surface area contributed by atoms with Gasteiger partial charge in [-0.1, -0.05) is 0 Å². The van der Waals surface area contributed by atoms with Crippen molar-refractivity contribution in [3.8, 4) is 11.5 Å². The van der Waals surface area contributed by atoms with Crippen molar-refractivity contribution in [3.05, 3.63) is 59.4 Å². The predicted octanol–water partition coefficient (Wildman–Crippen LogP) is 3.35. The van der Waals surface area contributed by atoms with Crippen LogP contribution in [0.15, 0.2) is 36.4 Å². The molecule has 18 heavy (non-hydrogen) atoms. The lowest BCUT2D eigenvalue weighted by Crippen LogP contribution is -1.98. The number of ether oxygens (including phenoxy) is 1. The Bertz CT molecular complexity index is 572. The maximum Gasteiger partial charge on any atom is 0.165 e. The van der Waals surface area contributed by atoms with Crippen LogP contribution in [-0.2, 0) is 6.54 Å². The van der Waals surface area contributed by atoms with E-state index in [9.17, 15) is 13.2 Å². The van der Waals surface area contributed by atoms with Crippen LogP contribution in [0.5, 0.6) is 11.5 Å². The Morgan fingerprint density at radius 3 is 2.44 bits per heavy atom. The normalized spacial score (nSPS) is 10.4. The SMILES string of the molecule is NCc1cc(F)cc(Oc2cc(F)ccc2F)c1. The summed E-state index contributed by atoms with van der Waals surface area (Å²) in [6, 6.07) is 6.58. The number of rotatable bonds is 3. The highest BCUT2D eigenvalue weighted by Crippen LogP contribution is 2.26. The van der Waals surface area contributed by atoms with Gasteiger partial charge in [-0.2, -0.15) is 0 Å². The summed E-state index contributed by atoms with van der Waals surface area (Å²) in [4.78, 5) is 0. The molecule has 0 radical (unpaired) electrons. The molecule has 0 aliphatic heterocycles. The Balaban J connectivity index is 2.33. The second-order valence-electron chi connectivity index (χ2n) is 3.68. The quantitative estimate of drug-likeness (QED) is 0.910. The summed E-state index contributed by atoms with van der Waals surface area (Å²) in [5.74, 6) is -2.15. The zero-order valence-corrected chi connectivity index (χ0v) is 9.29. The van der Waals surface area contributed by atoms with Gasteiger partial charge in [0.05, 0.1) is 0 Å². The van der Waals surface area contributed by atoms with Crippen molar-refractivity contribution in [2.75, 3.05) is 0 Å². The van der Waals surface area contributed by atoms with Crippen molar-refractivity contribution in [3.63, 3.8) is 0 Å². The fourth-order valence-electron chi connectivity index (χ4n) is 1.48. The van der Waals surface area contributed by atoms with E-state index in [1.807, 2.05) is 0 Å². The largest absolute Gasteiger partial charge is 0.454 e. The molecular formula is C13H10F3NO. The van der Waals surface area contributed by atoms with Crippen molar-refractivity contribution in [1.29, 1.82) is 0 Å². The Kier molecular flexibility index (Phi) is 3.53. The second kappa shape index (κ2) is 5.10. The van der Waals surface area contributed by atoms with E-state index in [2.05, 4.69) is 0 Å². The lowest BCUT2D eigenvalue weighted by atomic mass is 10.2. The standard InChI is InChI=1S/C13H10F3NO/c14-9-1-2-12(16)13(6-9)18-11-4-8(7-17)3-10(15)5-11/h1-6H,7,17H2. The molecular weight excluding hydrogens is 243 g/mol. The highest BCUT2D eigenvalue weighted by Gasteiger charge is 2.08. The fourth-order valence-corrected chi connectivity index (χ4v) is 1.48. The maximum atomic E-state index is 13.3. The van der Waals surface area contributed by atoms with Gasteiger partial charge in [-0.05, 0) is 29.8 Å². The van der Waals surface area contributed by atoms with Crippen LogP contribution in [0.2, 0.25) is 0 Å². The van der Waals surface area contributed by atoms with Gasteiger partial charge in [-0.3, -0.25) is 0 Å². The molecule has 0 saturated carbocycles. The van der Waals surface area contributed by atoms with Gasteiger partial charge in [0.25, 0.3) is 0 Å². The van der Waals surface area contributed by atoms with Crippen molar-refractivity contribution in [2.24, 2.45) is 5.73 Å². The van der Waals surface area contributed by atoms with E-state index >= 15 is 0 Å². The van der Waals surface area contributed by atoms with Gasteiger partial charge in [0.2, 0.25) is 0 Å².